The van der Waals surface area contributed by atoms with Crippen molar-refractivity contribution in [3.8, 4) is 0 Å². The number of fused-ring (bicyclic) bond motifs is 1. The van der Waals surface area contributed by atoms with Crippen LogP contribution in [0.3, 0.4) is 0 Å². The van der Waals surface area contributed by atoms with Crippen LogP contribution in [0.2, 0.25) is 0 Å². The first-order valence-electron chi connectivity index (χ1n) is 7.69. The lowest BCUT2D eigenvalue weighted by Crippen LogP contribution is -2.38. The van der Waals surface area contributed by atoms with Crippen LogP contribution in [-0.2, 0) is 6.42 Å². The van der Waals surface area contributed by atoms with Gasteiger partial charge in [-0.15, -0.1) is 0 Å². The van der Waals surface area contributed by atoms with E-state index in [-0.39, 0.29) is 18.0 Å². The number of nitrogens with one attached hydrogen (secondary N) is 1. The van der Waals surface area contributed by atoms with Crippen molar-refractivity contribution in [3.63, 3.8) is 0 Å². The maximum absolute atomic E-state index is 12.7. The Morgan fingerprint density at radius 3 is 2.45 bits per heavy atom. The van der Waals surface area contributed by atoms with Gasteiger partial charge in [-0.3, -0.25) is 4.79 Å². The van der Waals surface area contributed by atoms with Gasteiger partial charge in [0.25, 0.3) is 5.91 Å². The molecule has 3 rings (SSSR count). The summed E-state index contributed by atoms with van der Waals surface area (Å²) >= 11 is 0. The Hall–Kier alpha value is -2.13. The van der Waals surface area contributed by atoms with E-state index in [0.29, 0.717) is 0 Å². The summed E-state index contributed by atoms with van der Waals surface area (Å²) in [5.41, 5.74) is 12.6. The minimum absolute atomic E-state index is 0.0350. The van der Waals surface area contributed by atoms with Gasteiger partial charge in [-0.05, 0) is 49.4 Å². The van der Waals surface area contributed by atoms with E-state index < -0.39 is 0 Å². The van der Waals surface area contributed by atoms with Gasteiger partial charge in [0.1, 0.15) is 0 Å². The Morgan fingerprint density at radius 2 is 1.77 bits per heavy atom. The van der Waals surface area contributed by atoms with E-state index in [1.165, 1.54) is 11.1 Å². The Morgan fingerprint density at radius 1 is 1.14 bits per heavy atom. The second kappa shape index (κ2) is 5.58. The molecule has 0 bridgehead atoms. The fourth-order valence-electron chi connectivity index (χ4n) is 3.56. The summed E-state index contributed by atoms with van der Waals surface area (Å²) in [6, 6.07) is 12.1. The monoisotopic (exact) mass is 294 g/mol. The summed E-state index contributed by atoms with van der Waals surface area (Å²) in [7, 11) is 0. The van der Waals surface area contributed by atoms with Crippen LogP contribution in [0.25, 0.3) is 0 Å². The molecule has 2 atom stereocenters. The Kier molecular flexibility index (Phi) is 3.75. The van der Waals surface area contributed by atoms with E-state index in [4.69, 9.17) is 5.73 Å². The van der Waals surface area contributed by atoms with Crippen molar-refractivity contribution in [2.24, 2.45) is 5.73 Å². The number of carbonyl (C=O) groups is 1. The summed E-state index contributed by atoms with van der Waals surface area (Å²) in [4.78, 5) is 12.7. The average molecular weight is 294 g/mol. The van der Waals surface area contributed by atoms with Crippen molar-refractivity contribution in [1.29, 1.82) is 0 Å². The van der Waals surface area contributed by atoms with Gasteiger partial charge < -0.3 is 11.1 Å². The molecule has 1 aliphatic rings. The van der Waals surface area contributed by atoms with Gasteiger partial charge in [-0.2, -0.15) is 0 Å². The largest absolute Gasteiger partial charge is 0.344 e. The molecule has 3 heteroatoms. The van der Waals surface area contributed by atoms with Gasteiger partial charge in [0.05, 0.1) is 6.04 Å². The standard InChI is InChI=1S/C19H22N2O/c1-11-8-12(2)17(13(3)9-11)19(22)21-18-15-7-5-4-6-14(15)10-16(18)20/h4-9,16,18H,10,20H2,1-3H3,(H,21,22)/t16-,18-/m1/s1. The van der Waals surface area contributed by atoms with E-state index >= 15 is 0 Å². The molecule has 2 aromatic carbocycles. The van der Waals surface area contributed by atoms with Gasteiger partial charge in [0.2, 0.25) is 0 Å². The third-order valence-electron chi connectivity index (χ3n) is 4.46. The number of hydrogen-bond donors (Lipinski definition) is 2. The maximum atomic E-state index is 12.7. The first-order valence-corrected chi connectivity index (χ1v) is 7.69. The van der Waals surface area contributed by atoms with Crippen molar-refractivity contribution in [3.05, 3.63) is 69.8 Å². The van der Waals surface area contributed by atoms with E-state index in [1.54, 1.807) is 0 Å². The van der Waals surface area contributed by atoms with Gasteiger partial charge >= 0.3 is 0 Å². The fraction of sp³-hybridized carbons (Fsp3) is 0.316. The Balaban J connectivity index is 1.90. The predicted octanol–water partition coefficient (Wildman–Crippen LogP) is 2.97. The highest BCUT2D eigenvalue weighted by Gasteiger charge is 2.31. The van der Waals surface area contributed by atoms with Crippen LogP contribution < -0.4 is 11.1 Å². The average Bonchev–Trinajstić information content (AvgIpc) is 2.74. The molecule has 0 unspecified atom stereocenters. The summed E-state index contributed by atoms with van der Waals surface area (Å²) < 4.78 is 0. The fourth-order valence-corrected chi connectivity index (χ4v) is 3.56. The van der Waals surface area contributed by atoms with Gasteiger partial charge in [0, 0.05) is 11.6 Å². The smallest absolute Gasteiger partial charge is 0.252 e. The number of carbonyl (C=O) groups excluding carboxylic acids is 1. The SMILES string of the molecule is Cc1cc(C)c(C(=O)N[C@@H]2c3ccccc3C[C@H]2N)c(C)c1. The van der Waals surface area contributed by atoms with E-state index in [9.17, 15) is 4.79 Å². The Bertz CT molecular complexity index is 713. The number of nitrogens with two attached hydrogens (primary N) is 1. The van der Waals surface area contributed by atoms with Crippen LogP contribution in [0.15, 0.2) is 36.4 Å². The molecular formula is C19H22N2O. The zero-order valence-electron chi connectivity index (χ0n) is 13.3. The normalized spacial score (nSPS) is 19.8. The van der Waals surface area contributed by atoms with Crippen molar-refractivity contribution in [2.45, 2.75) is 39.3 Å². The van der Waals surface area contributed by atoms with Gasteiger partial charge in [0.15, 0.2) is 0 Å². The third kappa shape index (κ3) is 2.53. The molecule has 0 saturated carbocycles. The predicted molar refractivity (Wildman–Crippen MR) is 89.0 cm³/mol. The Labute approximate surface area is 131 Å². The van der Waals surface area contributed by atoms with Crippen LogP contribution in [0.1, 0.15) is 44.2 Å². The second-order valence-corrected chi connectivity index (χ2v) is 6.29. The molecule has 0 aromatic heterocycles. The number of amides is 1. The summed E-state index contributed by atoms with van der Waals surface area (Å²) in [6.07, 6.45) is 0.812. The van der Waals surface area contributed by atoms with Crippen LogP contribution in [0.5, 0.6) is 0 Å². The molecule has 2 aromatic rings. The molecule has 3 nitrogen and oxygen atoms in total. The third-order valence-corrected chi connectivity index (χ3v) is 4.46. The molecule has 0 aliphatic heterocycles. The lowest BCUT2D eigenvalue weighted by atomic mass is 9.98. The highest BCUT2D eigenvalue weighted by atomic mass is 16.1. The van der Waals surface area contributed by atoms with Crippen LogP contribution >= 0.6 is 0 Å². The van der Waals surface area contributed by atoms with Crippen molar-refractivity contribution in [2.75, 3.05) is 0 Å². The van der Waals surface area contributed by atoms with E-state index in [2.05, 4.69) is 17.4 Å². The molecule has 0 saturated heterocycles. The molecule has 1 aliphatic carbocycles. The molecule has 1 amide bonds. The molecule has 0 heterocycles. The first-order chi connectivity index (χ1) is 10.5. The zero-order chi connectivity index (χ0) is 15.9. The molecule has 0 radical (unpaired) electrons. The molecule has 3 N–H and O–H groups in total. The number of hydrogen-bond acceptors (Lipinski definition) is 2. The lowest BCUT2D eigenvalue weighted by molar-refractivity contribution is 0.0931. The van der Waals surface area contributed by atoms with Crippen molar-refractivity contribution in [1.82, 2.24) is 5.32 Å². The minimum Gasteiger partial charge on any atom is -0.344 e. The van der Waals surface area contributed by atoms with E-state index in [1.807, 2.05) is 45.0 Å². The highest BCUT2D eigenvalue weighted by molar-refractivity contribution is 5.97. The number of rotatable bonds is 2. The maximum Gasteiger partial charge on any atom is 0.252 e. The quantitative estimate of drug-likeness (QED) is 0.894. The molecule has 0 fully saturated rings. The first kappa shape index (κ1) is 14.8. The van der Waals surface area contributed by atoms with Crippen LogP contribution in [0, 0.1) is 20.8 Å². The van der Waals surface area contributed by atoms with Crippen LogP contribution in [0.4, 0.5) is 0 Å². The second-order valence-electron chi connectivity index (χ2n) is 6.29. The highest BCUT2D eigenvalue weighted by Crippen LogP contribution is 2.30. The molecular weight excluding hydrogens is 272 g/mol. The molecule has 0 spiro atoms. The number of aryl methyl sites for hydroxylation is 3. The summed E-state index contributed by atoms with van der Waals surface area (Å²) in [5.74, 6) is -0.0350. The van der Waals surface area contributed by atoms with Gasteiger partial charge in [-0.25, -0.2) is 0 Å². The lowest BCUT2D eigenvalue weighted by Gasteiger charge is -2.20. The number of benzene rings is 2. The molecule has 22 heavy (non-hydrogen) atoms. The summed E-state index contributed by atoms with van der Waals surface area (Å²) in [5, 5.41) is 3.14. The minimum atomic E-state index is -0.108. The van der Waals surface area contributed by atoms with E-state index in [0.717, 1.165) is 28.7 Å². The van der Waals surface area contributed by atoms with Gasteiger partial charge in [-0.1, -0.05) is 42.0 Å². The summed E-state index contributed by atoms with van der Waals surface area (Å²) in [6.45, 7) is 6.01. The van der Waals surface area contributed by atoms with Crippen molar-refractivity contribution >= 4 is 5.91 Å². The van der Waals surface area contributed by atoms with Crippen molar-refractivity contribution < 1.29 is 4.79 Å². The topological polar surface area (TPSA) is 55.1 Å². The van der Waals surface area contributed by atoms with Crippen LogP contribution in [-0.4, -0.2) is 11.9 Å². The zero-order valence-corrected chi connectivity index (χ0v) is 13.3. The molecule has 114 valence electrons.